The SMILES string of the molecule is CC(C)(C)OC(=O)c1ccc2nc(N)n(C3=NCCS3)c2c1. The third-order valence-electron chi connectivity index (χ3n) is 3.08. The van der Waals surface area contributed by atoms with Crippen molar-refractivity contribution in [3.05, 3.63) is 23.8 Å². The molecule has 2 aromatic rings. The molecular weight excluding hydrogens is 300 g/mol. The first-order chi connectivity index (χ1) is 10.3. The summed E-state index contributed by atoms with van der Waals surface area (Å²) in [5.74, 6) is 0.950. The molecule has 0 bridgehead atoms. The zero-order valence-electron chi connectivity index (χ0n) is 12.8. The number of thioether (sulfide) groups is 1. The number of nitrogens with zero attached hydrogens (tertiary/aromatic N) is 3. The molecule has 0 unspecified atom stereocenters. The summed E-state index contributed by atoms with van der Waals surface area (Å²) in [6.07, 6.45) is 0. The van der Waals surface area contributed by atoms with Crippen LogP contribution in [0.25, 0.3) is 11.0 Å². The van der Waals surface area contributed by atoms with Crippen LogP contribution < -0.4 is 5.73 Å². The molecule has 0 aliphatic carbocycles. The summed E-state index contributed by atoms with van der Waals surface area (Å²) < 4.78 is 7.20. The highest BCUT2D eigenvalue weighted by atomic mass is 32.2. The summed E-state index contributed by atoms with van der Waals surface area (Å²) in [5, 5.41) is 0.821. The molecule has 7 heteroatoms. The van der Waals surface area contributed by atoms with Crippen LogP contribution in [0.15, 0.2) is 23.2 Å². The van der Waals surface area contributed by atoms with Crippen molar-refractivity contribution in [2.45, 2.75) is 26.4 Å². The number of hydrogen-bond donors (Lipinski definition) is 1. The fourth-order valence-electron chi connectivity index (χ4n) is 2.22. The number of nitrogen functional groups attached to an aromatic ring is 1. The summed E-state index contributed by atoms with van der Waals surface area (Å²) >= 11 is 1.63. The monoisotopic (exact) mass is 318 g/mol. The Labute approximate surface area is 132 Å². The van der Waals surface area contributed by atoms with E-state index < -0.39 is 5.60 Å². The first-order valence-corrected chi connectivity index (χ1v) is 8.03. The number of anilines is 1. The van der Waals surface area contributed by atoms with Crippen LogP contribution in [-0.2, 0) is 4.74 Å². The largest absolute Gasteiger partial charge is 0.456 e. The molecule has 22 heavy (non-hydrogen) atoms. The van der Waals surface area contributed by atoms with Gasteiger partial charge in [0.15, 0.2) is 5.17 Å². The molecule has 2 N–H and O–H groups in total. The molecule has 1 aromatic carbocycles. The summed E-state index contributed by atoms with van der Waals surface area (Å²) in [4.78, 5) is 21.0. The molecule has 0 saturated carbocycles. The number of ether oxygens (including phenoxy) is 1. The fourth-order valence-corrected chi connectivity index (χ4v) is 3.09. The van der Waals surface area contributed by atoms with Gasteiger partial charge in [0.2, 0.25) is 5.95 Å². The number of aromatic nitrogens is 2. The van der Waals surface area contributed by atoms with Gasteiger partial charge in [0.1, 0.15) is 5.60 Å². The molecule has 0 amide bonds. The van der Waals surface area contributed by atoms with Crippen LogP contribution in [0, 0.1) is 0 Å². The van der Waals surface area contributed by atoms with Crippen molar-refractivity contribution in [1.29, 1.82) is 0 Å². The van der Waals surface area contributed by atoms with E-state index in [1.807, 2.05) is 20.8 Å². The molecule has 0 fully saturated rings. The van der Waals surface area contributed by atoms with Crippen molar-refractivity contribution in [3.8, 4) is 0 Å². The summed E-state index contributed by atoms with van der Waals surface area (Å²) in [5.41, 5.74) is 7.46. The number of carbonyl (C=O) groups excluding carboxylic acids is 1. The van der Waals surface area contributed by atoms with Crippen LogP contribution >= 0.6 is 11.8 Å². The number of carbonyl (C=O) groups is 1. The Balaban J connectivity index is 2.05. The number of rotatable bonds is 1. The number of benzene rings is 1. The molecule has 0 spiro atoms. The van der Waals surface area contributed by atoms with Gasteiger partial charge >= 0.3 is 5.97 Å². The minimum Gasteiger partial charge on any atom is -0.456 e. The number of esters is 1. The van der Waals surface area contributed by atoms with Crippen molar-refractivity contribution in [1.82, 2.24) is 9.55 Å². The molecule has 0 radical (unpaired) electrons. The lowest BCUT2D eigenvalue weighted by Gasteiger charge is -2.19. The van der Waals surface area contributed by atoms with Gasteiger partial charge in [-0.1, -0.05) is 11.8 Å². The molecule has 6 nitrogen and oxygen atoms in total. The molecule has 0 atom stereocenters. The van der Waals surface area contributed by atoms with Crippen LogP contribution in [0.4, 0.5) is 5.95 Å². The lowest BCUT2D eigenvalue weighted by atomic mass is 10.1. The van der Waals surface area contributed by atoms with E-state index in [1.165, 1.54) is 0 Å². The summed E-state index contributed by atoms with van der Waals surface area (Å²) in [6.45, 7) is 6.30. The van der Waals surface area contributed by atoms with Gasteiger partial charge in [0.25, 0.3) is 0 Å². The van der Waals surface area contributed by atoms with E-state index in [1.54, 1.807) is 34.5 Å². The van der Waals surface area contributed by atoms with Crippen LogP contribution in [-0.4, -0.2) is 38.6 Å². The number of aliphatic imine (C=N–C) groups is 1. The molecule has 1 aromatic heterocycles. The Morgan fingerprint density at radius 2 is 2.18 bits per heavy atom. The predicted octanol–water partition coefficient (Wildman–Crippen LogP) is 2.52. The molecule has 1 aliphatic heterocycles. The standard InChI is InChI=1S/C15H18N4O2S/c1-15(2,3)21-12(20)9-4-5-10-11(8-9)19(13(16)18-10)14-17-6-7-22-14/h4-5,8H,6-7H2,1-3H3,(H2,16,18). The van der Waals surface area contributed by atoms with E-state index >= 15 is 0 Å². The van der Waals surface area contributed by atoms with Gasteiger partial charge < -0.3 is 10.5 Å². The molecule has 2 heterocycles. The smallest absolute Gasteiger partial charge is 0.338 e. The maximum atomic E-state index is 12.2. The van der Waals surface area contributed by atoms with Crippen molar-refractivity contribution < 1.29 is 9.53 Å². The van der Waals surface area contributed by atoms with Crippen molar-refractivity contribution in [3.63, 3.8) is 0 Å². The van der Waals surface area contributed by atoms with Gasteiger partial charge in [0, 0.05) is 5.75 Å². The van der Waals surface area contributed by atoms with Crippen LogP contribution in [0.1, 0.15) is 31.1 Å². The summed E-state index contributed by atoms with van der Waals surface area (Å²) in [7, 11) is 0. The van der Waals surface area contributed by atoms with E-state index in [4.69, 9.17) is 10.5 Å². The topological polar surface area (TPSA) is 82.5 Å². The molecule has 116 valence electrons. The summed E-state index contributed by atoms with van der Waals surface area (Å²) in [6, 6.07) is 5.24. The second-order valence-electron chi connectivity index (χ2n) is 6.02. The quantitative estimate of drug-likeness (QED) is 0.817. The second-order valence-corrected chi connectivity index (χ2v) is 7.09. The Morgan fingerprint density at radius 3 is 2.82 bits per heavy atom. The highest BCUT2D eigenvalue weighted by molar-refractivity contribution is 8.14. The third kappa shape index (κ3) is 2.81. The van der Waals surface area contributed by atoms with E-state index in [0.717, 1.165) is 28.5 Å². The molecular formula is C15H18N4O2S. The molecule has 3 rings (SSSR count). The van der Waals surface area contributed by atoms with E-state index in [9.17, 15) is 4.79 Å². The Bertz CT molecular complexity index is 774. The van der Waals surface area contributed by atoms with E-state index in [2.05, 4.69) is 9.98 Å². The zero-order chi connectivity index (χ0) is 15.9. The number of fused-ring (bicyclic) bond motifs is 1. The fraction of sp³-hybridized carbons (Fsp3) is 0.400. The van der Waals surface area contributed by atoms with Gasteiger partial charge in [-0.3, -0.25) is 9.56 Å². The normalized spacial score (nSPS) is 15.1. The average Bonchev–Trinajstić information content (AvgIpc) is 3.01. The third-order valence-corrected chi connectivity index (χ3v) is 4.03. The minimum absolute atomic E-state index is 0.360. The van der Waals surface area contributed by atoms with Crippen LogP contribution in [0.3, 0.4) is 0 Å². The van der Waals surface area contributed by atoms with E-state index in [-0.39, 0.29) is 5.97 Å². The van der Waals surface area contributed by atoms with Gasteiger partial charge in [-0.05, 0) is 39.0 Å². The molecule has 0 saturated heterocycles. The van der Waals surface area contributed by atoms with Gasteiger partial charge in [0.05, 0.1) is 23.1 Å². The zero-order valence-corrected chi connectivity index (χ0v) is 13.6. The van der Waals surface area contributed by atoms with Crippen molar-refractivity contribution in [2.24, 2.45) is 4.99 Å². The van der Waals surface area contributed by atoms with Crippen molar-refractivity contribution >= 4 is 39.9 Å². The predicted molar refractivity (Wildman–Crippen MR) is 89.5 cm³/mol. The Kier molecular flexibility index (Phi) is 3.60. The maximum Gasteiger partial charge on any atom is 0.338 e. The lowest BCUT2D eigenvalue weighted by molar-refractivity contribution is 0.00697. The minimum atomic E-state index is -0.531. The molecule has 1 aliphatic rings. The van der Waals surface area contributed by atoms with Gasteiger partial charge in [-0.15, -0.1) is 0 Å². The van der Waals surface area contributed by atoms with Crippen LogP contribution in [0.5, 0.6) is 0 Å². The first-order valence-electron chi connectivity index (χ1n) is 7.04. The van der Waals surface area contributed by atoms with Crippen LogP contribution in [0.2, 0.25) is 0 Å². The van der Waals surface area contributed by atoms with Gasteiger partial charge in [-0.25, -0.2) is 9.78 Å². The number of nitrogens with two attached hydrogens (primary N) is 1. The number of hydrogen-bond acceptors (Lipinski definition) is 6. The van der Waals surface area contributed by atoms with Crippen molar-refractivity contribution in [2.75, 3.05) is 18.0 Å². The van der Waals surface area contributed by atoms with Gasteiger partial charge in [-0.2, -0.15) is 0 Å². The van der Waals surface area contributed by atoms with E-state index in [0.29, 0.717) is 11.5 Å². The first kappa shape index (κ1) is 14.9. The highest BCUT2D eigenvalue weighted by Gasteiger charge is 2.21. The lowest BCUT2D eigenvalue weighted by Crippen LogP contribution is -2.23. The Morgan fingerprint density at radius 1 is 1.41 bits per heavy atom. The number of imidazole rings is 1. The highest BCUT2D eigenvalue weighted by Crippen LogP contribution is 2.25. The average molecular weight is 318 g/mol. The Hall–Kier alpha value is -2.02. The maximum absolute atomic E-state index is 12.2. The second kappa shape index (κ2) is 5.31.